The Bertz CT molecular complexity index is 765. The molecule has 0 radical (unpaired) electrons. The normalized spacial score (nSPS) is 10.6. The van der Waals surface area contributed by atoms with Crippen molar-refractivity contribution in [3.8, 4) is 0 Å². The van der Waals surface area contributed by atoms with Gasteiger partial charge in [-0.2, -0.15) is 5.10 Å². The van der Waals surface area contributed by atoms with E-state index in [2.05, 4.69) is 15.8 Å². The summed E-state index contributed by atoms with van der Waals surface area (Å²) < 4.78 is 0. The summed E-state index contributed by atoms with van der Waals surface area (Å²) in [5, 5.41) is 6.56. The van der Waals surface area contributed by atoms with Gasteiger partial charge in [0, 0.05) is 5.69 Å². The molecule has 0 fully saturated rings. The number of carbonyl (C=O) groups excluding carboxylic acids is 2. The third kappa shape index (κ3) is 5.35. The average Bonchev–Trinajstić information content (AvgIpc) is 2.53. The van der Waals surface area contributed by atoms with Gasteiger partial charge >= 0.3 is 0 Å². The van der Waals surface area contributed by atoms with Gasteiger partial charge in [-0.25, -0.2) is 5.43 Å². The summed E-state index contributed by atoms with van der Waals surface area (Å²) >= 11 is 0. The van der Waals surface area contributed by atoms with Crippen LogP contribution in [0.1, 0.15) is 28.7 Å². The van der Waals surface area contributed by atoms with Crippen molar-refractivity contribution in [3.63, 3.8) is 0 Å². The lowest BCUT2D eigenvalue weighted by Gasteiger charge is -2.07. The molecule has 2 aromatic rings. The summed E-state index contributed by atoms with van der Waals surface area (Å²) in [7, 11) is 0. The Balaban J connectivity index is 1.81. The van der Waals surface area contributed by atoms with Crippen LogP contribution in [0.4, 0.5) is 5.69 Å². The van der Waals surface area contributed by atoms with Crippen LogP contribution in [0, 0.1) is 20.8 Å². The minimum absolute atomic E-state index is 0.280. The maximum absolute atomic E-state index is 11.9. The van der Waals surface area contributed by atoms with Crippen LogP contribution in [0.2, 0.25) is 0 Å². The van der Waals surface area contributed by atoms with Crippen LogP contribution in [0.15, 0.2) is 47.6 Å². The zero-order valence-corrected chi connectivity index (χ0v) is 14.1. The Morgan fingerprint density at radius 2 is 1.67 bits per heavy atom. The molecular formula is C19H21N3O2. The number of hydrogen-bond donors (Lipinski definition) is 2. The number of hydrogen-bond acceptors (Lipinski definition) is 3. The van der Waals surface area contributed by atoms with Crippen molar-refractivity contribution in [2.24, 2.45) is 5.10 Å². The summed E-state index contributed by atoms with van der Waals surface area (Å²) in [5.74, 6) is -0.832. The van der Waals surface area contributed by atoms with Gasteiger partial charge in [-0.1, -0.05) is 35.9 Å². The second-order valence-electron chi connectivity index (χ2n) is 5.73. The number of nitrogens with one attached hydrogen (secondary N) is 2. The summed E-state index contributed by atoms with van der Waals surface area (Å²) in [6.45, 7) is 5.97. The van der Waals surface area contributed by atoms with Crippen LogP contribution >= 0.6 is 0 Å². The van der Waals surface area contributed by atoms with E-state index >= 15 is 0 Å². The lowest BCUT2D eigenvalue weighted by molar-refractivity contribution is -0.126. The molecular weight excluding hydrogens is 302 g/mol. The van der Waals surface area contributed by atoms with Crippen LogP contribution in [-0.4, -0.2) is 18.0 Å². The molecule has 0 spiro atoms. The Kier molecular flexibility index (Phi) is 5.84. The van der Waals surface area contributed by atoms with E-state index in [4.69, 9.17) is 0 Å². The molecule has 24 heavy (non-hydrogen) atoms. The highest BCUT2D eigenvalue weighted by molar-refractivity contribution is 6.03. The maximum Gasteiger partial charge on any atom is 0.249 e. The van der Waals surface area contributed by atoms with Gasteiger partial charge < -0.3 is 5.32 Å². The molecule has 2 aromatic carbocycles. The van der Waals surface area contributed by atoms with E-state index in [0.29, 0.717) is 5.69 Å². The van der Waals surface area contributed by atoms with E-state index in [0.717, 1.165) is 22.3 Å². The van der Waals surface area contributed by atoms with E-state index in [-0.39, 0.29) is 12.3 Å². The second-order valence-corrected chi connectivity index (χ2v) is 5.73. The number of anilines is 1. The molecule has 0 saturated carbocycles. The van der Waals surface area contributed by atoms with Crippen molar-refractivity contribution in [2.75, 3.05) is 5.32 Å². The number of amides is 2. The maximum atomic E-state index is 11.9. The Morgan fingerprint density at radius 3 is 2.33 bits per heavy atom. The zero-order valence-electron chi connectivity index (χ0n) is 14.1. The summed E-state index contributed by atoms with van der Waals surface area (Å²) in [6.07, 6.45) is 1.26. The number of carbonyl (C=O) groups is 2. The third-order valence-electron chi connectivity index (χ3n) is 3.59. The van der Waals surface area contributed by atoms with Crippen molar-refractivity contribution in [1.29, 1.82) is 0 Å². The minimum Gasteiger partial charge on any atom is -0.326 e. The number of rotatable bonds is 5. The van der Waals surface area contributed by atoms with Gasteiger partial charge in [-0.05, 0) is 49.6 Å². The summed E-state index contributed by atoms with van der Waals surface area (Å²) in [4.78, 5) is 23.6. The molecule has 0 aliphatic heterocycles. The van der Waals surface area contributed by atoms with Crippen LogP contribution < -0.4 is 10.7 Å². The van der Waals surface area contributed by atoms with Gasteiger partial charge in [0.05, 0.1) is 6.21 Å². The molecule has 0 heterocycles. The first-order valence-electron chi connectivity index (χ1n) is 7.70. The third-order valence-corrected chi connectivity index (χ3v) is 3.59. The molecule has 0 aliphatic rings. The van der Waals surface area contributed by atoms with Crippen molar-refractivity contribution >= 4 is 23.7 Å². The lowest BCUT2D eigenvalue weighted by Crippen LogP contribution is -2.24. The monoisotopic (exact) mass is 323 g/mol. The van der Waals surface area contributed by atoms with Crippen molar-refractivity contribution in [2.45, 2.75) is 27.2 Å². The molecule has 0 bridgehead atoms. The number of hydrazone groups is 1. The Hall–Kier alpha value is -2.95. The fourth-order valence-corrected chi connectivity index (χ4v) is 2.04. The number of nitrogens with zero attached hydrogens (tertiary/aromatic N) is 1. The molecule has 0 atom stereocenters. The first-order chi connectivity index (χ1) is 11.4. The molecule has 0 aliphatic carbocycles. The Morgan fingerprint density at radius 1 is 0.958 bits per heavy atom. The number of aryl methyl sites for hydroxylation is 3. The first-order valence-corrected chi connectivity index (χ1v) is 7.70. The van der Waals surface area contributed by atoms with E-state index in [1.807, 2.05) is 63.2 Å². The Labute approximate surface area is 141 Å². The average molecular weight is 323 g/mol. The predicted octanol–water partition coefficient (Wildman–Crippen LogP) is 3.09. The van der Waals surface area contributed by atoms with Crippen LogP contribution in [0.25, 0.3) is 0 Å². The quantitative estimate of drug-likeness (QED) is 0.504. The first kappa shape index (κ1) is 17.4. The van der Waals surface area contributed by atoms with Crippen LogP contribution in [-0.2, 0) is 9.59 Å². The van der Waals surface area contributed by atoms with Crippen LogP contribution in [0.5, 0.6) is 0 Å². The highest BCUT2D eigenvalue weighted by atomic mass is 16.2. The van der Waals surface area contributed by atoms with E-state index in [1.54, 1.807) is 6.21 Å². The minimum atomic E-state index is -0.459. The fraction of sp³-hybridized carbons (Fsp3) is 0.211. The molecule has 0 unspecified atom stereocenters. The molecule has 124 valence electrons. The van der Waals surface area contributed by atoms with Gasteiger partial charge in [-0.3, -0.25) is 9.59 Å². The van der Waals surface area contributed by atoms with Gasteiger partial charge in [0.2, 0.25) is 11.8 Å². The molecule has 2 amide bonds. The smallest absolute Gasteiger partial charge is 0.249 e. The van der Waals surface area contributed by atoms with E-state index < -0.39 is 5.91 Å². The molecule has 2 rings (SSSR count). The molecule has 0 saturated heterocycles. The zero-order chi connectivity index (χ0) is 17.5. The predicted molar refractivity (Wildman–Crippen MR) is 96.1 cm³/mol. The SMILES string of the molecule is Cc1ccc(C=NNC(=O)CC(=O)Nc2ccc(C)c(C)c2)cc1. The molecule has 0 aromatic heterocycles. The largest absolute Gasteiger partial charge is 0.326 e. The highest BCUT2D eigenvalue weighted by Crippen LogP contribution is 2.14. The van der Waals surface area contributed by atoms with Gasteiger partial charge in [0.1, 0.15) is 6.42 Å². The fourth-order valence-electron chi connectivity index (χ4n) is 2.04. The number of benzene rings is 2. The van der Waals surface area contributed by atoms with Gasteiger partial charge in [-0.15, -0.1) is 0 Å². The van der Waals surface area contributed by atoms with E-state index in [9.17, 15) is 9.59 Å². The van der Waals surface area contributed by atoms with Crippen molar-refractivity contribution in [1.82, 2.24) is 5.43 Å². The van der Waals surface area contributed by atoms with Crippen molar-refractivity contribution in [3.05, 3.63) is 64.7 Å². The second kappa shape index (κ2) is 8.06. The van der Waals surface area contributed by atoms with E-state index in [1.165, 1.54) is 0 Å². The summed E-state index contributed by atoms with van der Waals surface area (Å²) in [5.41, 5.74) is 7.29. The molecule has 5 heteroatoms. The molecule has 2 N–H and O–H groups in total. The van der Waals surface area contributed by atoms with Crippen molar-refractivity contribution < 1.29 is 9.59 Å². The summed E-state index contributed by atoms with van der Waals surface area (Å²) in [6, 6.07) is 13.3. The topological polar surface area (TPSA) is 70.6 Å². The molecule has 5 nitrogen and oxygen atoms in total. The standard InChI is InChI=1S/C19H21N3O2/c1-13-4-7-16(8-5-13)12-20-22-19(24)11-18(23)21-17-9-6-14(2)15(3)10-17/h4-10,12H,11H2,1-3H3,(H,21,23)(H,22,24). The van der Waals surface area contributed by atoms with Gasteiger partial charge in [0.25, 0.3) is 0 Å². The lowest BCUT2D eigenvalue weighted by atomic mass is 10.1. The highest BCUT2D eigenvalue weighted by Gasteiger charge is 2.09. The van der Waals surface area contributed by atoms with Gasteiger partial charge in [0.15, 0.2) is 0 Å². The van der Waals surface area contributed by atoms with Crippen LogP contribution in [0.3, 0.4) is 0 Å².